The zero-order chi connectivity index (χ0) is 16.3. The summed E-state index contributed by atoms with van der Waals surface area (Å²) >= 11 is 0. The Balaban J connectivity index is 2.63. The molecule has 0 unspecified atom stereocenters. The Hall–Kier alpha value is -2.36. The molecule has 0 saturated carbocycles. The topological polar surface area (TPSA) is 59.3 Å². The highest BCUT2D eigenvalue weighted by Gasteiger charge is 2.13. The van der Waals surface area contributed by atoms with Crippen LogP contribution in [0.15, 0.2) is 35.1 Å². The fourth-order valence-corrected chi connectivity index (χ4v) is 2.70. The number of aliphatic carboxylic acids is 1. The van der Waals surface area contributed by atoms with E-state index in [9.17, 15) is 9.59 Å². The quantitative estimate of drug-likeness (QED) is 0.922. The molecule has 0 amide bonds. The van der Waals surface area contributed by atoms with Crippen LogP contribution in [0.2, 0.25) is 0 Å². The number of aromatic nitrogens is 1. The Kier molecular flexibility index (Phi) is 4.81. The van der Waals surface area contributed by atoms with Crippen molar-refractivity contribution in [3.05, 3.63) is 57.4 Å². The predicted molar refractivity (Wildman–Crippen MR) is 87.2 cm³/mol. The summed E-state index contributed by atoms with van der Waals surface area (Å²) in [5, 5.41) is 8.92. The van der Waals surface area contributed by atoms with Crippen molar-refractivity contribution in [2.24, 2.45) is 0 Å². The van der Waals surface area contributed by atoms with E-state index in [2.05, 4.69) is 6.07 Å². The van der Waals surface area contributed by atoms with Crippen LogP contribution in [-0.4, -0.2) is 15.6 Å². The first kappa shape index (κ1) is 16.0. The summed E-state index contributed by atoms with van der Waals surface area (Å²) in [6, 6.07) is 9.61. The Morgan fingerprint density at radius 2 is 1.91 bits per heavy atom. The molecule has 1 heterocycles. The molecule has 4 heteroatoms. The summed E-state index contributed by atoms with van der Waals surface area (Å²) in [7, 11) is 0. The van der Waals surface area contributed by atoms with Crippen LogP contribution in [0.3, 0.4) is 0 Å². The van der Waals surface area contributed by atoms with Crippen molar-refractivity contribution in [3.8, 4) is 11.3 Å². The third kappa shape index (κ3) is 3.27. The molecule has 0 bridgehead atoms. The number of carboxylic acid groups (broad SMARTS) is 1. The van der Waals surface area contributed by atoms with Crippen LogP contribution < -0.4 is 5.56 Å². The van der Waals surface area contributed by atoms with E-state index in [1.54, 1.807) is 10.6 Å². The summed E-state index contributed by atoms with van der Waals surface area (Å²) in [5.41, 5.74) is 4.26. The number of hydrogen-bond acceptors (Lipinski definition) is 2. The molecular weight excluding hydrogens is 278 g/mol. The molecule has 0 radical (unpaired) electrons. The average Bonchev–Trinajstić information content (AvgIpc) is 2.44. The molecule has 4 nitrogen and oxygen atoms in total. The molecule has 0 aliphatic heterocycles. The minimum atomic E-state index is -0.987. The number of rotatable bonds is 5. The maximum Gasteiger partial charge on any atom is 0.308 e. The van der Waals surface area contributed by atoms with Crippen LogP contribution in [-0.2, 0) is 17.8 Å². The normalized spacial score (nSPS) is 10.7. The van der Waals surface area contributed by atoms with E-state index in [0.29, 0.717) is 12.1 Å². The lowest BCUT2D eigenvalue weighted by Gasteiger charge is -2.16. The molecule has 0 fully saturated rings. The van der Waals surface area contributed by atoms with Crippen LogP contribution in [0.25, 0.3) is 11.3 Å². The van der Waals surface area contributed by atoms with Crippen LogP contribution in [0.5, 0.6) is 0 Å². The Bertz CT molecular complexity index is 759. The highest BCUT2D eigenvalue weighted by molar-refractivity contribution is 5.71. The lowest BCUT2D eigenvalue weighted by atomic mass is 10.0. The minimum absolute atomic E-state index is 0.207. The van der Waals surface area contributed by atoms with E-state index in [4.69, 9.17) is 5.11 Å². The second-order valence-corrected chi connectivity index (χ2v) is 5.59. The van der Waals surface area contributed by atoms with Crippen LogP contribution in [0, 0.1) is 13.8 Å². The lowest BCUT2D eigenvalue weighted by molar-refractivity contribution is -0.136. The first-order chi connectivity index (χ1) is 10.4. The van der Waals surface area contributed by atoms with Crippen molar-refractivity contribution in [1.29, 1.82) is 0 Å². The van der Waals surface area contributed by atoms with Gasteiger partial charge >= 0.3 is 5.97 Å². The predicted octanol–water partition coefficient (Wildman–Crippen LogP) is 3.17. The zero-order valence-electron chi connectivity index (χ0n) is 13.2. The van der Waals surface area contributed by atoms with Gasteiger partial charge in [0.1, 0.15) is 0 Å². The van der Waals surface area contributed by atoms with Crippen LogP contribution >= 0.6 is 0 Å². The summed E-state index contributed by atoms with van der Waals surface area (Å²) in [5.74, 6) is -0.987. The van der Waals surface area contributed by atoms with Gasteiger partial charge in [-0.05, 0) is 31.9 Å². The first-order valence-electron chi connectivity index (χ1n) is 7.46. The molecule has 22 heavy (non-hydrogen) atoms. The first-order valence-corrected chi connectivity index (χ1v) is 7.46. The third-order valence-corrected chi connectivity index (χ3v) is 3.70. The SMILES string of the molecule is CCCn1c(-c2ccc(C)cc2C)ccc(CC(=O)O)c1=O. The number of nitrogens with zero attached hydrogens (tertiary/aromatic N) is 1. The summed E-state index contributed by atoms with van der Waals surface area (Å²) in [6.07, 6.45) is 0.573. The van der Waals surface area contributed by atoms with Gasteiger partial charge in [0.2, 0.25) is 0 Å². The van der Waals surface area contributed by atoms with E-state index in [0.717, 1.165) is 23.2 Å². The Morgan fingerprint density at radius 1 is 1.18 bits per heavy atom. The maximum absolute atomic E-state index is 12.6. The summed E-state index contributed by atoms with van der Waals surface area (Å²) in [4.78, 5) is 23.5. The zero-order valence-corrected chi connectivity index (χ0v) is 13.2. The van der Waals surface area contributed by atoms with E-state index < -0.39 is 5.97 Å². The fraction of sp³-hybridized carbons (Fsp3) is 0.333. The largest absolute Gasteiger partial charge is 0.481 e. The van der Waals surface area contributed by atoms with E-state index in [1.807, 2.05) is 39.0 Å². The molecule has 1 N–H and O–H groups in total. The molecule has 0 aliphatic carbocycles. The van der Waals surface area contributed by atoms with Crippen LogP contribution in [0.4, 0.5) is 0 Å². The molecule has 2 rings (SSSR count). The van der Waals surface area contributed by atoms with Gasteiger partial charge < -0.3 is 9.67 Å². The number of aryl methyl sites for hydroxylation is 2. The Labute approximate surface area is 130 Å². The highest BCUT2D eigenvalue weighted by atomic mass is 16.4. The van der Waals surface area contributed by atoms with Crippen molar-refractivity contribution in [2.75, 3.05) is 0 Å². The molecular formula is C18H21NO3. The molecule has 2 aromatic rings. The smallest absolute Gasteiger partial charge is 0.308 e. The van der Waals surface area contributed by atoms with Gasteiger partial charge in [-0.1, -0.05) is 36.8 Å². The van der Waals surface area contributed by atoms with E-state index >= 15 is 0 Å². The summed E-state index contributed by atoms with van der Waals surface area (Å²) < 4.78 is 1.69. The van der Waals surface area contributed by atoms with E-state index in [1.165, 1.54) is 5.56 Å². The van der Waals surface area contributed by atoms with Crippen molar-refractivity contribution in [3.63, 3.8) is 0 Å². The number of benzene rings is 1. The Morgan fingerprint density at radius 3 is 2.50 bits per heavy atom. The van der Waals surface area contributed by atoms with Crippen LogP contribution in [0.1, 0.15) is 30.0 Å². The van der Waals surface area contributed by atoms with Gasteiger partial charge in [-0.15, -0.1) is 0 Å². The third-order valence-electron chi connectivity index (χ3n) is 3.70. The van der Waals surface area contributed by atoms with Gasteiger partial charge in [0.25, 0.3) is 5.56 Å². The molecule has 0 atom stereocenters. The highest BCUT2D eigenvalue weighted by Crippen LogP contribution is 2.24. The van der Waals surface area contributed by atoms with Gasteiger partial charge in [-0.3, -0.25) is 9.59 Å². The molecule has 1 aromatic carbocycles. The van der Waals surface area contributed by atoms with Gasteiger partial charge in [0.15, 0.2) is 0 Å². The minimum Gasteiger partial charge on any atom is -0.481 e. The average molecular weight is 299 g/mol. The second kappa shape index (κ2) is 6.60. The molecule has 0 saturated heterocycles. The fourth-order valence-electron chi connectivity index (χ4n) is 2.70. The second-order valence-electron chi connectivity index (χ2n) is 5.59. The number of carbonyl (C=O) groups is 1. The van der Waals surface area contributed by atoms with Gasteiger partial charge in [-0.25, -0.2) is 0 Å². The van der Waals surface area contributed by atoms with Gasteiger partial charge in [0.05, 0.1) is 12.1 Å². The monoisotopic (exact) mass is 299 g/mol. The number of hydrogen-bond donors (Lipinski definition) is 1. The molecule has 0 aliphatic rings. The maximum atomic E-state index is 12.6. The lowest BCUT2D eigenvalue weighted by Crippen LogP contribution is -2.26. The van der Waals surface area contributed by atoms with Crippen molar-refractivity contribution < 1.29 is 9.90 Å². The summed E-state index contributed by atoms with van der Waals surface area (Å²) in [6.45, 7) is 6.64. The van der Waals surface area contributed by atoms with E-state index in [-0.39, 0.29) is 12.0 Å². The number of pyridine rings is 1. The number of carboxylic acids is 1. The molecule has 1 aromatic heterocycles. The standard InChI is InChI=1S/C18H21NO3/c1-4-9-19-16(15-7-5-12(2)10-13(15)3)8-6-14(18(19)22)11-17(20)21/h5-8,10H,4,9,11H2,1-3H3,(H,20,21). The van der Waals surface area contributed by atoms with Gasteiger partial charge in [-0.2, -0.15) is 0 Å². The van der Waals surface area contributed by atoms with Crippen molar-refractivity contribution in [1.82, 2.24) is 4.57 Å². The van der Waals surface area contributed by atoms with Crippen molar-refractivity contribution in [2.45, 2.75) is 40.2 Å². The molecule has 0 spiro atoms. The molecule has 116 valence electrons. The van der Waals surface area contributed by atoms with Gasteiger partial charge in [0, 0.05) is 17.7 Å². The van der Waals surface area contributed by atoms with Crippen molar-refractivity contribution >= 4 is 5.97 Å².